The van der Waals surface area contributed by atoms with Crippen molar-refractivity contribution >= 4 is 18.6 Å². The lowest BCUT2D eigenvalue weighted by atomic mass is 9.77. The van der Waals surface area contributed by atoms with Gasteiger partial charge in [-0.05, 0) is 39.8 Å². The summed E-state index contributed by atoms with van der Waals surface area (Å²) < 4.78 is 51.4. The van der Waals surface area contributed by atoms with E-state index in [9.17, 15) is 18.0 Å². The van der Waals surface area contributed by atoms with E-state index in [0.29, 0.717) is 12.1 Å². The lowest BCUT2D eigenvalue weighted by Crippen LogP contribution is -2.41. The van der Waals surface area contributed by atoms with Gasteiger partial charge in [0.1, 0.15) is 11.6 Å². The molecule has 108 valence electrons. The molecule has 2 rings (SSSR count). The second-order valence-corrected chi connectivity index (χ2v) is 5.72. The minimum Gasteiger partial charge on any atom is -0.399 e. The molecule has 3 nitrogen and oxygen atoms in total. The summed E-state index contributed by atoms with van der Waals surface area (Å²) in [6, 6.07) is -0.638. The van der Waals surface area contributed by atoms with Crippen molar-refractivity contribution in [1.29, 1.82) is 0 Å². The van der Waals surface area contributed by atoms with Gasteiger partial charge in [-0.1, -0.05) is 0 Å². The Labute approximate surface area is 115 Å². The Kier molecular flexibility index (Phi) is 3.46. The van der Waals surface area contributed by atoms with E-state index in [2.05, 4.69) is 0 Å². The maximum atomic E-state index is 13.9. The molecule has 1 heterocycles. The number of hydrogen-bond acceptors (Lipinski definition) is 3. The summed E-state index contributed by atoms with van der Waals surface area (Å²) in [5, 5.41) is 0. The first kappa shape index (κ1) is 15.1. The molecule has 0 spiro atoms. The number of hydrogen-bond donors (Lipinski definition) is 0. The first-order valence-corrected chi connectivity index (χ1v) is 6.09. The van der Waals surface area contributed by atoms with Crippen LogP contribution in [0, 0.1) is 11.6 Å². The molecule has 0 saturated carbocycles. The van der Waals surface area contributed by atoms with Crippen molar-refractivity contribution in [2.24, 2.45) is 0 Å². The maximum Gasteiger partial charge on any atom is 0.500 e. The van der Waals surface area contributed by atoms with Crippen LogP contribution in [0.1, 0.15) is 38.1 Å². The van der Waals surface area contributed by atoms with E-state index < -0.39 is 47.0 Å². The van der Waals surface area contributed by atoms with Gasteiger partial charge in [0.05, 0.1) is 22.2 Å². The minimum absolute atomic E-state index is 0.464. The van der Waals surface area contributed by atoms with Crippen LogP contribution in [0.2, 0.25) is 0 Å². The lowest BCUT2D eigenvalue weighted by Gasteiger charge is -2.32. The highest BCUT2D eigenvalue weighted by Gasteiger charge is 2.53. The Morgan fingerprint density at radius 2 is 1.45 bits per heavy atom. The van der Waals surface area contributed by atoms with E-state index in [1.54, 1.807) is 27.7 Å². The molecule has 20 heavy (non-hydrogen) atoms. The van der Waals surface area contributed by atoms with Gasteiger partial charge < -0.3 is 9.31 Å². The predicted molar refractivity (Wildman–Crippen MR) is 67.5 cm³/mol. The van der Waals surface area contributed by atoms with Crippen molar-refractivity contribution in [3.63, 3.8) is 0 Å². The number of carbonyl (C=O) groups excluding carboxylic acids is 1. The van der Waals surface area contributed by atoms with Gasteiger partial charge in [0.15, 0.2) is 0 Å². The van der Waals surface area contributed by atoms with Crippen LogP contribution in [-0.4, -0.2) is 24.4 Å². The van der Waals surface area contributed by atoms with E-state index >= 15 is 0 Å². The highest BCUT2D eigenvalue weighted by Crippen LogP contribution is 2.36. The Morgan fingerprint density at radius 3 is 1.80 bits per heavy atom. The summed E-state index contributed by atoms with van der Waals surface area (Å²) in [7, 11) is -1.25. The SMILES string of the molecule is CC1(C)OB(c2c(F)cc(C(=O)F)cc2F)OC1(C)C. The van der Waals surface area contributed by atoms with Crippen molar-refractivity contribution in [3.05, 3.63) is 29.3 Å². The normalized spacial score (nSPS) is 20.2. The number of rotatable bonds is 2. The number of halogens is 3. The fraction of sp³-hybridized carbons (Fsp3) is 0.462. The van der Waals surface area contributed by atoms with E-state index in [-0.39, 0.29) is 0 Å². The molecule has 1 aliphatic rings. The summed E-state index contributed by atoms with van der Waals surface area (Å²) in [6.45, 7) is 6.95. The molecule has 0 atom stereocenters. The van der Waals surface area contributed by atoms with Crippen LogP contribution in [0.4, 0.5) is 13.2 Å². The van der Waals surface area contributed by atoms with Gasteiger partial charge in [-0.3, -0.25) is 4.79 Å². The van der Waals surface area contributed by atoms with Crippen molar-refractivity contribution < 1.29 is 27.3 Å². The molecule has 1 aromatic rings. The van der Waals surface area contributed by atoms with Crippen LogP contribution in [-0.2, 0) is 9.31 Å². The van der Waals surface area contributed by atoms with Gasteiger partial charge in [-0.15, -0.1) is 0 Å². The van der Waals surface area contributed by atoms with E-state index in [0.717, 1.165) is 0 Å². The van der Waals surface area contributed by atoms with E-state index in [1.807, 2.05) is 0 Å². The zero-order chi connectivity index (χ0) is 15.3. The van der Waals surface area contributed by atoms with Crippen molar-refractivity contribution in [3.8, 4) is 0 Å². The molecule has 0 amide bonds. The van der Waals surface area contributed by atoms with Gasteiger partial charge >= 0.3 is 13.2 Å². The van der Waals surface area contributed by atoms with Gasteiger partial charge in [0.25, 0.3) is 0 Å². The molecule has 1 fully saturated rings. The summed E-state index contributed by atoms with van der Waals surface area (Å²) in [6.07, 6.45) is 0. The highest BCUT2D eigenvalue weighted by molar-refractivity contribution is 6.62. The van der Waals surface area contributed by atoms with Crippen molar-refractivity contribution in [2.45, 2.75) is 38.9 Å². The Balaban J connectivity index is 2.43. The molecular formula is C13H14BF3O3. The molecule has 0 aliphatic carbocycles. The van der Waals surface area contributed by atoms with Gasteiger partial charge in [0, 0.05) is 0 Å². The zero-order valence-corrected chi connectivity index (χ0v) is 11.6. The topological polar surface area (TPSA) is 35.5 Å². The fourth-order valence-electron chi connectivity index (χ4n) is 1.88. The molecule has 1 aliphatic heterocycles. The second kappa shape index (κ2) is 4.60. The van der Waals surface area contributed by atoms with Crippen molar-refractivity contribution in [2.75, 3.05) is 0 Å². The summed E-state index contributed by atoms with van der Waals surface area (Å²) in [5.74, 6) is -2.16. The van der Waals surface area contributed by atoms with Gasteiger partial charge in [-0.25, -0.2) is 8.78 Å². The molecule has 0 N–H and O–H groups in total. The number of carbonyl (C=O) groups is 1. The molecule has 0 unspecified atom stereocenters. The summed E-state index contributed by atoms with van der Waals surface area (Å²) in [4.78, 5) is 10.5. The first-order valence-electron chi connectivity index (χ1n) is 6.09. The molecule has 1 saturated heterocycles. The van der Waals surface area contributed by atoms with Crippen LogP contribution < -0.4 is 5.46 Å². The smallest absolute Gasteiger partial charge is 0.399 e. The third-order valence-electron chi connectivity index (χ3n) is 3.79. The van der Waals surface area contributed by atoms with Crippen LogP contribution >= 0.6 is 0 Å². The quantitative estimate of drug-likeness (QED) is 0.618. The Morgan fingerprint density at radius 1 is 1.05 bits per heavy atom. The highest BCUT2D eigenvalue weighted by atomic mass is 19.1. The predicted octanol–water partition coefficient (Wildman–Crippen LogP) is 2.37. The second-order valence-electron chi connectivity index (χ2n) is 5.72. The van der Waals surface area contributed by atoms with Gasteiger partial charge in [-0.2, -0.15) is 4.39 Å². The standard InChI is InChI=1S/C13H14BF3O3/c1-12(2)13(3,4)20-14(19-12)10-8(15)5-7(11(17)18)6-9(10)16/h5-6H,1-4H3. The largest absolute Gasteiger partial charge is 0.500 e. The monoisotopic (exact) mass is 286 g/mol. The van der Waals surface area contributed by atoms with Crippen LogP contribution in [0.3, 0.4) is 0 Å². The lowest BCUT2D eigenvalue weighted by molar-refractivity contribution is 0.00578. The first-order chi connectivity index (χ1) is 9.05. The van der Waals surface area contributed by atoms with E-state index in [1.165, 1.54) is 0 Å². The molecule has 0 bridgehead atoms. The average Bonchev–Trinajstić information content (AvgIpc) is 2.46. The van der Waals surface area contributed by atoms with E-state index in [4.69, 9.17) is 9.31 Å². The van der Waals surface area contributed by atoms with Gasteiger partial charge in [0.2, 0.25) is 0 Å². The Bertz CT molecular complexity index is 533. The molecular weight excluding hydrogens is 272 g/mol. The third-order valence-corrected chi connectivity index (χ3v) is 3.79. The summed E-state index contributed by atoms with van der Waals surface area (Å²) >= 11 is 0. The zero-order valence-electron chi connectivity index (χ0n) is 11.6. The maximum absolute atomic E-state index is 13.9. The third kappa shape index (κ3) is 2.36. The van der Waals surface area contributed by atoms with Crippen LogP contribution in [0.15, 0.2) is 12.1 Å². The van der Waals surface area contributed by atoms with Crippen LogP contribution in [0.25, 0.3) is 0 Å². The number of benzene rings is 1. The minimum atomic E-state index is -1.90. The van der Waals surface area contributed by atoms with Crippen molar-refractivity contribution in [1.82, 2.24) is 0 Å². The Hall–Kier alpha value is -1.34. The molecule has 0 radical (unpaired) electrons. The average molecular weight is 286 g/mol. The fourth-order valence-corrected chi connectivity index (χ4v) is 1.88. The summed E-state index contributed by atoms with van der Waals surface area (Å²) in [5.41, 5.74) is -2.66. The van der Waals surface area contributed by atoms with Crippen LogP contribution in [0.5, 0.6) is 0 Å². The molecule has 0 aromatic heterocycles. The molecule has 1 aromatic carbocycles. The molecule has 7 heteroatoms.